The van der Waals surface area contributed by atoms with Crippen LogP contribution in [0.5, 0.6) is 0 Å². The Balaban J connectivity index is 2.48. The largest absolute Gasteiger partial charge is 0.378 e. The summed E-state index contributed by atoms with van der Waals surface area (Å²) >= 11 is 1.85. The van der Waals surface area contributed by atoms with E-state index in [1.165, 1.54) is 11.3 Å². The van der Waals surface area contributed by atoms with E-state index in [4.69, 9.17) is 0 Å². The summed E-state index contributed by atoms with van der Waals surface area (Å²) in [6.45, 7) is 6.09. The maximum absolute atomic E-state index is 4.26. The van der Waals surface area contributed by atoms with Gasteiger partial charge in [-0.15, -0.1) is 0 Å². The molecule has 0 amide bonds. The Morgan fingerprint density at radius 1 is 1.19 bits per heavy atom. The highest BCUT2D eigenvalue weighted by Crippen LogP contribution is 2.19. The molecule has 0 fully saturated rings. The van der Waals surface area contributed by atoms with E-state index in [9.17, 15) is 0 Å². The number of guanidine groups is 1. The monoisotopic (exact) mass is 308 g/mol. The fourth-order valence-electron chi connectivity index (χ4n) is 1.69. The van der Waals surface area contributed by atoms with Gasteiger partial charge in [0.25, 0.3) is 0 Å². The zero-order valence-electron chi connectivity index (χ0n) is 14.0. The van der Waals surface area contributed by atoms with Crippen molar-refractivity contribution < 1.29 is 0 Å². The molecule has 0 aliphatic rings. The minimum atomic E-state index is 0.199. The fraction of sp³-hybridized carbons (Fsp3) is 0.562. The average Bonchev–Trinajstić information content (AvgIpc) is 2.48. The normalized spacial score (nSPS) is 12.2. The maximum atomic E-state index is 4.26. The van der Waals surface area contributed by atoms with Crippen molar-refractivity contribution in [3.8, 4) is 0 Å². The lowest BCUT2D eigenvalue weighted by Gasteiger charge is -2.23. The Labute approximate surface area is 133 Å². The number of rotatable bonds is 6. The van der Waals surface area contributed by atoms with Gasteiger partial charge in [-0.1, -0.05) is 12.1 Å². The van der Waals surface area contributed by atoms with Crippen molar-refractivity contribution in [2.24, 2.45) is 4.99 Å². The van der Waals surface area contributed by atoms with E-state index in [1.807, 2.05) is 25.9 Å². The van der Waals surface area contributed by atoms with Crippen LogP contribution < -0.4 is 15.5 Å². The van der Waals surface area contributed by atoms with Gasteiger partial charge in [0.15, 0.2) is 5.96 Å². The highest BCUT2D eigenvalue weighted by Gasteiger charge is 2.15. The predicted octanol–water partition coefficient (Wildman–Crippen LogP) is 2.56. The highest BCUT2D eigenvalue weighted by molar-refractivity contribution is 7.99. The third-order valence-electron chi connectivity index (χ3n) is 3.37. The first-order valence-corrected chi connectivity index (χ1v) is 8.36. The molecule has 0 atom stereocenters. The molecule has 4 nitrogen and oxygen atoms in total. The second-order valence-corrected chi connectivity index (χ2v) is 7.32. The van der Waals surface area contributed by atoms with Crippen LogP contribution >= 0.6 is 11.8 Å². The SMILES string of the molecule is CN=C(NCc1ccc(N(C)C)cc1)NCC(C)(C)SC. The predicted molar refractivity (Wildman–Crippen MR) is 96.6 cm³/mol. The van der Waals surface area contributed by atoms with Crippen molar-refractivity contribution in [3.63, 3.8) is 0 Å². The summed E-state index contributed by atoms with van der Waals surface area (Å²) in [6.07, 6.45) is 2.13. The molecule has 0 unspecified atom stereocenters. The summed E-state index contributed by atoms with van der Waals surface area (Å²) in [5.41, 5.74) is 2.45. The van der Waals surface area contributed by atoms with Crippen LogP contribution in [-0.4, -0.2) is 44.7 Å². The second-order valence-electron chi connectivity index (χ2n) is 5.80. The Bertz CT molecular complexity index is 452. The number of anilines is 1. The zero-order chi connectivity index (χ0) is 15.9. The molecule has 0 aromatic heterocycles. The Hall–Kier alpha value is -1.36. The molecular formula is C16H28N4S. The number of nitrogens with zero attached hydrogens (tertiary/aromatic N) is 2. The number of thioether (sulfide) groups is 1. The molecule has 0 bridgehead atoms. The standard InChI is InChI=1S/C16H28N4S/c1-16(2,21-6)12-19-15(17-3)18-11-13-7-9-14(10-8-13)20(4)5/h7-10H,11-12H2,1-6H3,(H2,17,18,19). The van der Waals surface area contributed by atoms with E-state index in [1.54, 1.807) is 7.05 Å². The van der Waals surface area contributed by atoms with Crippen LogP contribution in [0.4, 0.5) is 5.69 Å². The molecule has 0 spiro atoms. The summed E-state index contributed by atoms with van der Waals surface area (Å²) in [5.74, 6) is 0.841. The quantitative estimate of drug-likeness (QED) is 0.626. The molecule has 0 saturated carbocycles. The van der Waals surface area contributed by atoms with E-state index in [-0.39, 0.29) is 4.75 Å². The molecule has 0 radical (unpaired) electrons. The lowest BCUT2D eigenvalue weighted by atomic mass is 10.2. The van der Waals surface area contributed by atoms with Gasteiger partial charge in [0.05, 0.1) is 0 Å². The van der Waals surface area contributed by atoms with Gasteiger partial charge >= 0.3 is 0 Å². The van der Waals surface area contributed by atoms with Gasteiger partial charge in [-0.05, 0) is 37.8 Å². The first-order valence-electron chi connectivity index (χ1n) is 7.14. The maximum Gasteiger partial charge on any atom is 0.191 e. The van der Waals surface area contributed by atoms with Gasteiger partial charge < -0.3 is 15.5 Å². The first-order chi connectivity index (χ1) is 9.88. The molecule has 118 valence electrons. The number of hydrogen-bond donors (Lipinski definition) is 2. The molecule has 5 heteroatoms. The van der Waals surface area contributed by atoms with Crippen LogP contribution in [-0.2, 0) is 6.54 Å². The molecule has 1 aromatic carbocycles. The highest BCUT2D eigenvalue weighted by atomic mass is 32.2. The second kappa shape index (κ2) is 8.17. The van der Waals surface area contributed by atoms with Crippen LogP contribution in [0.3, 0.4) is 0 Å². The summed E-state index contributed by atoms with van der Waals surface area (Å²) in [5, 5.41) is 6.72. The van der Waals surface area contributed by atoms with E-state index in [2.05, 4.69) is 64.9 Å². The van der Waals surface area contributed by atoms with Gasteiger partial charge in [0.1, 0.15) is 0 Å². The third kappa shape index (κ3) is 6.29. The molecule has 1 rings (SSSR count). The third-order valence-corrected chi connectivity index (χ3v) is 4.62. The van der Waals surface area contributed by atoms with E-state index in [0.29, 0.717) is 0 Å². The molecule has 1 aromatic rings. The van der Waals surface area contributed by atoms with Gasteiger partial charge in [0.2, 0.25) is 0 Å². The Kier molecular flexibility index (Phi) is 6.89. The van der Waals surface area contributed by atoms with Crippen molar-refractivity contribution in [1.82, 2.24) is 10.6 Å². The first kappa shape index (κ1) is 17.7. The molecule has 0 saturated heterocycles. The fourth-order valence-corrected chi connectivity index (χ4v) is 1.90. The summed E-state index contributed by atoms with van der Waals surface area (Å²) in [6, 6.07) is 8.54. The summed E-state index contributed by atoms with van der Waals surface area (Å²) < 4.78 is 0.199. The van der Waals surface area contributed by atoms with E-state index in [0.717, 1.165) is 19.0 Å². The molecule has 0 aliphatic carbocycles. The van der Waals surface area contributed by atoms with Crippen LogP contribution in [0.15, 0.2) is 29.3 Å². The van der Waals surface area contributed by atoms with Gasteiger partial charge in [0, 0.05) is 44.7 Å². The van der Waals surface area contributed by atoms with Gasteiger partial charge in [-0.2, -0.15) is 11.8 Å². The number of hydrogen-bond acceptors (Lipinski definition) is 3. The Morgan fingerprint density at radius 2 is 1.81 bits per heavy atom. The van der Waals surface area contributed by atoms with Crippen molar-refractivity contribution >= 4 is 23.4 Å². The lowest BCUT2D eigenvalue weighted by Crippen LogP contribution is -2.42. The zero-order valence-corrected chi connectivity index (χ0v) is 14.8. The van der Waals surface area contributed by atoms with Gasteiger partial charge in [-0.25, -0.2) is 0 Å². The van der Waals surface area contributed by atoms with Crippen LogP contribution in [0.25, 0.3) is 0 Å². The van der Waals surface area contributed by atoms with Crippen LogP contribution in [0, 0.1) is 0 Å². The molecule has 21 heavy (non-hydrogen) atoms. The summed E-state index contributed by atoms with van der Waals surface area (Å²) in [4.78, 5) is 6.36. The molecule has 2 N–H and O–H groups in total. The minimum Gasteiger partial charge on any atom is -0.378 e. The topological polar surface area (TPSA) is 39.7 Å². The number of benzene rings is 1. The van der Waals surface area contributed by atoms with Crippen molar-refractivity contribution in [3.05, 3.63) is 29.8 Å². The smallest absolute Gasteiger partial charge is 0.191 e. The molecule has 0 aliphatic heterocycles. The van der Waals surface area contributed by atoms with Crippen molar-refractivity contribution in [2.75, 3.05) is 38.8 Å². The molecule has 0 heterocycles. The lowest BCUT2D eigenvalue weighted by molar-refractivity contribution is 0.664. The van der Waals surface area contributed by atoms with Crippen molar-refractivity contribution in [2.45, 2.75) is 25.1 Å². The van der Waals surface area contributed by atoms with Crippen LogP contribution in [0.2, 0.25) is 0 Å². The van der Waals surface area contributed by atoms with Gasteiger partial charge in [-0.3, -0.25) is 4.99 Å². The minimum absolute atomic E-state index is 0.199. The summed E-state index contributed by atoms with van der Waals surface area (Å²) in [7, 11) is 5.90. The molecular weight excluding hydrogens is 280 g/mol. The average molecular weight is 308 g/mol. The Morgan fingerprint density at radius 3 is 2.29 bits per heavy atom. The van der Waals surface area contributed by atoms with Crippen LogP contribution in [0.1, 0.15) is 19.4 Å². The number of nitrogens with one attached hydrogen (secondary N) is 2. The van der Waals surface area contributed by atoms with Crippen molar-refractivity contribution in [1.29, 1.82) is 0 Å². The van der Waals surface area contributed by atoms with E-state index < -0.39 is 0 Å². The number of aliphatic imine (C=N–C) groups is 1. The van der Waals surface area contributed by atoms with E-state index >= 15 is 0 Å².